The Balaban J connectivity index is 1.90. The molecule has 114 valence electrons. The summed E-state index contributed by atoms with van der Waals surface area (Å²) in [6, 6.07) is 17.2. The van der Waals surface area contributed by atoms with Gasteiger partial charge >= 0.3 is 0 Å². The number of hydrogen-bond acceptors (Lipinski definition) is 4. The van der Waals surface area contributed by atoms with Gasteiger partial charge in [0.1, 0.15) is 17.5 Å². The van der Waals surface area contributed by atoms with Gasteiger partial charge in [-0.05, 0) is 17.7 Å². The Morgan fingerprint density at radius 2 is 1.83 bits per heavy atom. The molecule has 1 aromatic heterocycles. The van der Waals surface area contributed by atoms with Crippen LogP contribution in [-0.2, 0) is 0 Å². The molecule has 5 nitrogen and oxygen atoms in total. The van der Waals surface area contributed by atoms with Crippen LogP contribution in [0.1, 0.15) is 23.3 Å². The molecule has 1 aliphatic heterocycles. The maximum atomic E-state index is 9.67. The molecular formula is C18H15N3O2. The van der Waals surface area contributed by atoms with Gasteiger partial charge in [0.15, 0.2) is 6.10 Å². The summed E-state index contributed by atoms with van der Waals surface area (Å²) in [4.78, 5) is 4.12. The zero-order chi connectivity index (χ0) is 15.6. The lowest BCUT2D eigenvalue weighted by molar-refractivity contribution is 0.157. The summed E-state index contributed by atoms with van der Waals surface area (Å²) in [5.74, 6) is 0.713. The monoisotopic (exact) mass is 305 g/mol. The number of oxime groups is 1. The average molecular weight is 305 g/mol. The Labute approximate surface area is 133 Å². The van der Waals surface area contributed by atoms with Crippen molar-refractivity contribution in [3.63, 3.8) is 0 Å². The molecule has 2 atom stereocenters. The van der Waals surface area contributed by atoms with Crippen molar-refractivity contribution < 1.29 is 9.94 Å². The van der Waals surface area contributed by atoms with Crippen molar-refractivity contribution in [1.29, 1.82) is 0 Å². The number of hydrogen-bond donors (Lipinski definition) is 1. The SMILES string of the molecule is O/N=C1/c2ccccc2O[C@@H](c2ccccc2)[C@@H]1n1ccnc1. The number of fused-ring (bicyclic) bond motifs is 1. The topological polar surface area (TPSA) is 59.6 Å². The van der Waals surface area contributed by atoms with E-state index in [1.165, 1.54) is 0 Å². The van der Waals surface area contributed by atoms with Crippen LogP contribution in [0.2, 0.25) is 0 Å². The minimum Gasteiger partial charge on any atom is -0.482 e. The van der Waals surface area contributed by atoms with E-state index in [0.717, 1.165) is 11.1 Å². The first-order valence-electron chi connectivity index (χ1n) is 7.39. The average Bonchev–Trinajstić information content (AvgIpc) is 3.15. The van der Waals surface area contributed by atoms with Crippen molar-refractivity contribution in [1.82, 2.24) is 9.55 Å². The smallest absolute Gasteiger partial charge is 0.150 e. The third kappa shape index (κ3) is 2.26. The van der Waals surface area contributed by atoms with E-state index in [1.807, 2.05) is 65.4 Å². The molecule has 0 aliphatic carbocycles. The van der Waals surface area contributed by atoms with E-state index in [1.54, 1.807) is 12.5 Å². The normalized spacial score (nSPS) is 21.7. The highest BCUT2D eigenvalue weighted by Crippen LogP contribution is 2.41. The second kappa shape index (κ2) is 5.61. The van der Waals surface area contributed by atoms with E-state index in [2.05, 4.69) is 10.1 Å². The Bertz CT molecular complexity index is 828. The molecule has 4 rings (SSSR count). The van der Waals surface area contributed by atoms with E-state index in [-0.39, 0.29) is 12.1 Å². The molecule has 0 bridgehead atoms. The molecular weight excluding hydrogens is 290 g/mol. The van der Waals surface area contributed by atoms with Crippen molar-refractivity contribution in [2.24, 2.45) is 5.16 Å². The van der Waals surface area contributed by atoms with Gasteiger partial charge in [0.05, 0.1) is 6.33 Å². The van der Waals surface area contributed by atoms with E-state index >= 15 is 0 Å². The first kappa shape index (κ1) is 13.6. The van der Waals surface area contributed by atoms with Crippen LogP contribution in [0.15, 0.2) is 78.5 Å². The highest BCUT2D eigenvalue weighted by Gasteiger charge is 2.38. The Hall–Kier alpha value is -3.08. The van der Waals surface area contributed by atoms with Crippen LogP contribution < -0.4 is 4.74 Å². The fraction of sp³-hybridized carbons (Fsp3) is 0.111. The Morgan fingerprint density at radius 3 is 2.57 bits per heavy atom. The van der Waals surface area contributed by atoms with Crippen LogP contribution in [-0.4, -0.2) is 20.5 Å². The van der Waals surface area contributed by atoms with E-state index in [0.29, 0.717) is 11.5 Å². The summed E-state index contributed by atoms with van der Waals surface area (Å²) in [6.07, 6.45) is 4.97. The van der Waals surface area contributed by atoms with Crippen molar-refractivity contribution >= 4 is 5.71 Å². The number of rotatable bonds is 2. The quantitative estimate of drug-likeness (QED) is 0.583. The summed E-state index contributed by atoms with van der Waals surface area (Å²) in [5, 5.41) is 13.3. The van der Waals surface area contributed by atoms with Crippen molar-refractivity contribution in [2.45, 2.75) is 12.1 Å². The molecule has 0 fully saturated rings. The summed E-state index contributed by atoms with van der Waals surface area (Å²) in [6.45, 7) is 0. The van der Waals surface area contributed by atoms with Crippen molar-refractivity contribution in [2.75, 3.05) is 0 Å². The molecule has 3 aromatic rings. The molecule has 0 radical (unpaired) electrons. The lowest BCUT2D eigenvalue weighted by Crippen LogP contribution is -2.34. The zero-order valence-corrected chi connectivity index (χ0v) is 12.3. The van der Waals surface area contributed by atoms with Crippen LogP contribution in [0, 0.1) is 0 Å². The van der Waals surface area contributed by atoms with Crippen LogP contribution in [0.5, 0.6) is 5.75 Å². The number of para-hydroxylation sites is 1. The molecule has 0 saturated carbocycles. The number of benzene rings is 2. The predicted octanol–water partition coefficient (Wildman–Crippen LogP) is 3.44. The van der Waals surface area contributed by atoms with Gasteiger partial charge in [0, 0.05) is 18.0 Å². The van der Waals surface area contributed by atoms with Crippen molar-refractivity contribution in [3.8, 4) is 5.75 Å². The summed E-state index contributed by atoms with van der Waals surface area (Å²) in [5.41, 5.74) is 2.38. The fourth-order valence-electron chi connectivity index (χ4n) is 3.02. The van der Waals surface area contributed by atoms with Gasteiger partial charge in [0.2, 0.25) is 0 Å². The maximum Gasteiger partial charge on any atom is 0.150 e. The maximum absolute atomic E-state index is 9.67. The minimum absolute atomic E-state index is 0.292. The highest BCUT2D eigenvalue weighted by atomic mass is 16.5. The van der Waals surface area contributed by atoms with E-state index in [4.69, 9.17) is 4.74 Å². The van der Waals surface area contributed by atoms with E-state index < -0.39 is 0 Å². The number of nitrogens with zero attached hydrogens (tertiary/aromatic N) is 3. The number of imidazole rings is 1. The molecule has 0 amide bonds. The Morgan fingerprint density at radius 1 is 1.04 bits per heavy atom. The molecule has 23 heavy (non-hydrogen) atoms. The number of aromatic nitrogens is 2. The summed E-state index contributed by atoms with van der Waals surface area (Å²) < 4.78 is 8.15. The molecule has 5 heteroatoms. The summed E-state index contributed by atoms with van der Waals surface area (Å²) >= 11 is 0. The molecule has 2 heterocycles. The second-order valence-electron chi connectivity index (χ2n) is 5.39. The lowest BCUT2D eigenvalue weighted by Gasteiger charge is -2.35. The highest BCUT2D eigenvalue weighted by molar-refractivity contribution is 6.06. The van der Waals surface area contributed by atoms with Crippen LogP contribution in [0.3, 0.4) is 0 Å². The van der Waals surface area contributed by atoms with Gasteiger partial charge in [0.25, 0.3) is 0 Å². The Kier molecular flexibility index (Phi) is 3.31. The largest absolute Gasteiger partial charge is 0.482 e. The van der Waals surface area contributed by atoms with E-state index in [9.17, 15) is 5.21 Å². The number of ether oxygens (including phenoxy) is 1. The third-order valence-electron chi connectivity index (χ3n) is 4.07. The van der Waals surface area contributed by atoms with Gasteiger partial charge in [-0.2, -0.15) is 0 Å². The van der Waals surface area contributed by atoms with Gasteiger partial charge < -0.3 is 14.5 Å². The third-order valence-corrected chi connectivity index (χ3v) is 4.07. The molecule has 0 saturated heterocycles. The zero-order valence-electron chi connectivity index (χ0n) is 12.3. The van der Waals surface area contributed by atoms with Crippen molar-refractivity contribution in [3.05, 3.63) is 84.4 Å². The molecule has 0 unspecified atom stereocenters. The van der Waals surface area contributed by atoms with Gasteiger partial charge in [-0.1, -0.05) is 47.6 Å². The summed E-state index contributed by atoms with van der Waals surface area (Å²) in [7, 11) is 0. The first-order valence-corrected chi connectivity index (χ1v) is 7.39. The van der Waals surface area contributed by atoms with Crippen LogP contribution >= 0.6 is 0 Å². The van der Waals surface area contributed by atoms with Gasteiger partial charge in [-0.3, -0.25) is 0 Å². The molecule has 1 aliphatic rings. The van der Waals surface area contributed by atoms with Crippen LogP contribution in [0.4, 0.5) is 0 Å². The van der Waals surface area contributed by atoms with Gasteiger partial charge in [-0.25, -0.2) is 4.98 Å². The standard InChI is InChI=1S/C18H15N3O2/c22-20-16-14-8-4-5-9-15(14)23-18(13-6-2-1-3-7-13)17(16)21-11-10-19-12-21/h1-12,17-18,22H/b20-16-/t17-,18+/m1/s1. The molecule has 2 aromatic carbocycles. The molecule has 0 spiro atoms. The lowest BCUT2D eigenvalue weighted by atomic mass is 9.90. The predicted molar refractivity (Wildman–Crippen MR) is 85.8 cm³/mol. The minimum atomic E-state index is -0.300. The van der Waals surface area contributed by atoms with Crippen LogP contribution in [0.25, 0.3) is 0 Å². The molecule has 1 N–H and O–H groups in total. The second-order valence-corrected chi connectivity index (χ2v) is 5.39. The fourth-order valence-corrected chi connectivity index (χ4v) is 3.02. The first-order chi connectivity index (χ1) is 11.4. The van der Waals surface area contributed by atoms with Gasteiger partial charge in [-0.15, -0.1) is 0 Å².